The van der Waals surface area contributed by atoms with Crippen molar-refractivity contribution in [3.63, 3.8) is 0 Å². The smallest absolute Gasteiger partial charge is 0.341 e. The molecule has 2 heterocycles. The van der Waals surface area contributed by atoms with Crippen molar-refractivity contribution in [2.45, 2.75) is 13.3 Å². The summed E-state index contributed by atoms with van der Waals surface area (Å²) < 4.78 is 11.6. The molecule has 0 fully saturated rings. The summed E-state index contributed by atoms with van der Waals surface area (Å²) in [6.45, 7) is 1.71. The second-order valence-electron chi connectivity index (χ2n) is 6.61. The lowest BCUT2D eigenvalue weighted by Crippen LogP contribution is -2.14. The molecule has 6 nitrogen and oxygen atoms in total. The predicted octanol–water partition coefficient (Wildman–Crippen LogP) is 4.41. The maximum Gasteiger partial charge on any atom is 0.341 e. The van der Waals surface area contributed by atoms with Crippen molar-refractivity contribution in [3.05, 3.63) is 65.4 Å². The van der Waals surface area contributed by atoms with E-state index in [1.807, 2.05) is 48.5 Å². The Morgan fingerprint density at radius 2 is 1.34 bits per heavy atom. The van der Waals surface area contributed by atoms with Crippen LogP contribution in [0.15, 0.2) is 48.5 Å². The van der Waals surface area contributed by atoms with E-state index in [0.717, 1.165) is 21.7 Å². The van der Waals surface area contributed by atoms with Gasteiger partial charge in [-0.15, -0.1) is 0 Å². The van der Waals surface area contributed by atoms with E-state index in [0.29, 0.717) is 5.52 Å². The molecule has 0 aliphatic carbocycles. The van der Waals surface area contributed by atoms with Gasteiger partial charge in [0.1, 0.15) is 16.8 Å². The number of pyridine rings is 1. The van der Waals surface area contributed by atoms with Gasteiger partial charge in [0, 0.05) is 17.2 Å². The van der Waals surface area contributed by atoms with Crippen LogP contribution >= 0.6 is 0 Å². The van der Waals surface area contributed by atoms with E-state index in [2.05, 4.69) is 0 Å². The molecule has 0 amide bonds. The van der Waals surface area contributed by atoms with Gasteiger partial charge >= 0.3 is 11.9 Å². The van der Waals surface area contributed by atoms with Crippen molar-refractivity contribution in [3.8, 4) is 0 Å². The van der Waals surface area contributed by atoms with Crippen LogP contribution in [0.4, 0.5) is 0 Å². The summed E-state index contributed by atoms with van der Waals surface area (Å²) >= 11 is 0. The van der Waals surface area contributed by atoms with Crippen LogP contribution in [0.5, 0.6) is 0 Å². The van der Waals surface area contributed by atoms with Gasteiger partial charge in [0.05, 0.1) is 25.3 Å². The summed E-state index contributed by atoms with van der Waals surface area (Å²) in [5.74, 6) is -1.71. The molecule has 0 spiro atoms. The summed E-state index contributed by atoms with van der Waals surface area (Å²) in [6, 6.07) is 15.2. The quantitative estimate of drug-likeness (QED) is 0.294. The van der Waals surface area contributed by atoms with Crippen molar-refractivity contribution < 1.29 is 23.9 Å². The molecule has 2 aromatic carbocycles. The molecular formula is C23H19NO5. The zero-order valence-electron chi connectivity index (χ0n) is 16.3. The average Bonchev–Trinajstić information content (AvgIpc) is 3.14. The number of methoxy groups -OCH3 is 2. The molecule has 0 saturated carbocycles. The Morgan fingerprint density at radius 1 is 0.793 bits per heavy atom. The summed E-state index contributed by atoms with van der Waals surface area (Å²) in [4.78, 5) is 38.6. The second-order valence-corrected chi connectivity index (χ2v) is 6.61. The lowest BCUT2D eigenvalue weighted by Gasteiger charge is -2.11. The fourth-order valence-electron chi connectivity index (χ4n) is 3.92. The molecule has 0 saturated heterocycles. The number of rotatable bonds is 4. The number of aromatic nitrogens is 1. The number of Topliss-reactive ketones (excluding diaryl/α,β-unsaturated/α-hetero) is 1. The third-order valence-corrected chi connectivity index (χ3v) is 5.15. The first-order valence-corrected chi connectivity index (χ1v) is 9.22. The lowest BCUT2D eigenvalue weighted by molar-refractivity contribution is 0.0556. The van der Waals surface area contributed by atoms with Crippen LogP contribution in [0.25, 0.3) is 27.2 Å². The highest BCUT2D eigenvalue weighted by Gasteiger charge is 2.33. The van der Waals surface area contributed by atoms with E-state index in [1.165, 1.54) is 14.2 Å². The van der Waals surface area contributed by atoms with E-state index in [4.69, 9.17) is 9.47 Å². The van der Waals surface area contributed by atoms with Gasteiger partial charge in [0.25, 0.3) is 0 Å². The minimum absolute atomic E-state index is 0.0399. The van der Waals surface area contributed by atoms with Crippen molar-refractivity contribution in [2.24, 2.45) is 0 Å². The Labute approximate surface area is 166 Å². The van der Waals surface area contributed by atoms with E-state index in [-0.39, 0.29) is 29.0 Å². The first kappa shape index (κ1) is 18.7. The van der Waals surface area contributed by atoms with E-state index < -0.39 is 11.9 Å². The Kier molecular flexibility index (Phi) is 4.54. The van der Waals surface area contributed by atoms with Crippen LogP contribution in [0.1, 0.15) is 44.5 Å². The zero-order chi connectivity index (χ0) is 20.7. The van der Waals surface area contributed by atoms with Crippen LogP contribution in [0.2, 0.25) is 0 Å². The molecule has 29 heavy (non-hydrogen) atoms. The molecule has 0 atom stereocenters. The van der Waals surface area contributed by atoms with Crippen LogP contribution in [-0.4, -0.2) is 36.3 Å². The molecule has 0 radical (unpaired) electrons. The van der Waals surface area contributed by atoms with Crippen molar-refractivity contribution in [1.29, 1.82) is 0 Å². The zero-order valence-corrected chi connectivity index (χ0v) is 16.3. The fraction of sp³-hybridized carbons (Fsp3) is 0.174. The summed E-state index contributed by atoms with van der Waals surface area (Å²) in [5, 5.41) is 2.56. The maximum atomic E-state index is 13.0. The SMILES string of the molecule is CCC(=O)c1c(C(=O)OC)c(C(=O)OC)c2c3ccccc3c3ccccc3n12. The number of hydrogen-bond donors (Lipinski definition) is 0. The standard InChI is InChI=1S/C23H19NO5/c1-4-17(25)21-19(23(27)29-3)18(22(26)28-2)20-15-11-6-5-9-13(15)14-10-7-8-12-16(14)24(20)21/h5-12H,4H2,1-3H3. The van der Waals surface area contributed by atoms with E-state index in [1.54, 1.807) is 11.3 Å². The number of fused-ring (bicyclic) bond motifs is 6. The van der Waals surface area contributed by atoms with Gasteiger partial charge in [0.2, 0.25) is 0 Å². The van der Waals surface area contributed by atoms with E-state index in [9.17, 15) is 14.4 Å². The summed E-state index contributed by atoms with van der Waals surface area (Å²) in [7, 11) is 2.47. The molecule has 146 valence electrons. The first-order chi connectivity index (χ1) is 14.0. The first-order valence-electron chi connectivity index (χ1n) is 9.22. The highest BCUT2D eigenvalue weighted by molar-refractivity contribution is 6.23. The molecule has 6 heteroatoms. The molecule has 0 aliphatic rings. The third kappa shape index (κ3) is 2.60. The van der Waals surface area contributed by atoms with Gasteiger partial charge in [-0.1, -0.05) is 49.4 Å². The van der Waals surface area contributed by atoms with Crippen molar-refractivity contribution >= 4 is 44.9 Å². The highest BCUT2D eigenvalue weighted by Crippen LogP contribution is 2.37. The maximum absolute atomic E-state index is 13.0. The highest BCUT2D eigenvalue weighted by atomic mass is 16.5. The molecular weight excluding hydrogens is 370 g/mol. The Bertz CT molecular complexity index is 1220. The van der Waals surface area contributed by atoms with Crippen LogP contribution in [0, 0.1) is 0 Å². The molecule has 4 rings (SSSR count). The number of ketones is 1. The van der Waals surface area contributed by atoms with Crippen LogP contribution < -0.4 is 0 Å². The van der Waals surface area contributed by atoms with Gasteiger partial charge in [0.15, 0.2) is 5.78 Å². The third-order valence-electron chi connectivity index (χ3n) is 5.15. The predicted molar refractivity (Wildman–Crippen MR) is 110 cm³/mol. The van der Waals surface area contributed by atoms with Gasteiger partial charge in [-0.2, -0.15) is 0 Å². The molecule has 0 bridgehead atoms. The fourth-order valence-corrected chi connectivity index (χ4v) is 3.92. The van der Waals surface area contributed by atoms with Gasteiger partial charge in [-0.25, -0.2) is 9.59 Å². The minimum Gasteiger partial charge on any atom is -0.465 e. The molecule has 0 aliphatic heterocycles. The Morgan fingerprint density at radius 3 is 1.97 bits per heavy atom. The summed E-state index contributed by atoms with van der Waals surface area (Å²) in [5.41, 5.74) is 1.30. The second kappa shape index (κ2) is 7.05. The monoisotopic (exact) mass is 389 g/mol. The van der Waals surface area contributed by atoms with Crippen molar-refractivity contribution in [2.75, 3.05) is 14.2 Å². The number of carbonyl (C=O) groups is 3. The number of para-hydroxylation sites is 1. The number of ether oxygens (including phenoxy) is 2. The Balaban J connectivity index is 2.43. The van der Waals surface area contributed by atoms with Gasteiger partial charge in [-0.3, -0.25) is 4.79 Å². The number of esters is 2. The van der Waals surface area contributed by atoms with Gasteiger partial charge < -0.3 is 13.9 Å². The normalized spacial score (nSPS) is 11.1. The summed E-state index contributed by atoms with van der Waals surface area (Å²) in [6.07, 6.45) is 0.165. The minimum atomic E-state index is -0.751. The molecule has 2 aromatic heterocycles. The van der Waals surface area contributed by atoms with E-state index >= 15 is 0 Å². The number of hydrogen-bond acceptors (Lipinski definition) is 5. The van der Waals surface area contributed by atoms with Crippen LogP contribution in [0.3, 0.4) is 0 Å². The lowest BCUT2D eigenvalue weighted by atomic mass is 10.0. The van der Waals surface area contributed by atoms with Crippen LogP contribution in [-0.2, 0) is 9.47 Å². The number of nitrogens with zero attached hydrogens (tertiary/aromatic N) is 1. The molecule has 4 aromatic rings. The van der Waals surface area contributed by atoms with Gasteiger partial charge in [-0.05, 0) is 11.5 Å². The average molecular weight is 389 g/mol. The Hall–Kier alpha value is -3.67. The largest absolute Gasteiger partial charge is 0.465 e. The molecule has 0 unspecified atom stereocenters. The molecule has 0 N–H and O–H groups in total. The number of benzene rings is 2. The topological polar surface area (TPSA) is 74.1 Å². The number of carbonyl (C=O) groups excluding carboxylic acids is 3. The van der Waals surface area contributed by atoms with Crippen molar-refractivity contribution in [1.82, 2.24) is 4.40 Å².